The molecule has 0 spiro atoms. The van der Waals surface area contributed by atoms with E-state index in [0.717, 1.165) is 0 Å². The van der Waals surface area contributed by atoms with Gasteiger partial charge >= 0.3 is 5.97 Å². The quantitative estimate of drug-likeness (QED) is 0.772. The highest BCUT2D eigenvalue weighted by atomic mass is 16.5. The van der Waals surface area contributed by atoms with Crippen molar-refractivity contribution < 1.29 is 19.4 Å². The molecule has 0 radical (unpaired) electrons. The van der Waals surface area contributed by atoms with E-state index in [9.17, 15) is 9.59 Å². The Hall–Kier alpha value is -1.88. The van der Waals surface area contributed by atoms with Gasteiger partial charge in [-0.05, 0) is 12.5 Å². The number of ether oxygens (including phenoxy) is 1. The van der Waals surface area contributed by atoms with Gasteiger partial charge in [0.1, 0.15) is 6.54 Å². The van der Waals surface area contributed by atoms with Crippen LogP contribution in [-0.2, 0) is 14.3 Å². The fourth-order valence-corrected chi connectivity index (χ4v) is 1.37. The van der Waals surface area contributed by atoms with Gasteiger partial charge in [-0.25, -0.2) is 0 Å². The Bertz CT molecular complexity index is 377. The zero-order valence-electron chi connectivity index (χ0n) is 9.55. The lowest BCUT2D eigenvalue weighted by Crippen LogP contribution is -2.34. The minimum absolute atomic E-state index is 0.375. The second-order valence-corrected chi connectivity index (χ2v) is 3.36. The average molecular weight is 237 g/mol. The van der Waals surface area contributed by atoms with Gasteiger partial charge in [-0.15, -0.1) is 0 Å². The summed E-state index contributed by atoms with van der Waals surface area (Å²) >= 11 is 0. The van der Waals surface area contributed by atoms with Crippen molar-refractivity contribution in [1.29, 1.82) is 0 Å². The maximum atomic E-state index is 11.7. The summed E-state index contributed by atoms with van der Waals surface area (Å²) < 4.78 is 5.32. The lowest BCUT2D eigenvalue weighted by molar-refractivity contribution is -0.140. The number of rotatable bonds is 6. The highest BCUT2D eigenvalue weighted by Crippen LogP contribution is 2.16. The molecule has 1 rings (SSSR count). The number of carbonyl (C=O) groups excluding carboxylic acids is 1. The summed E-state index contributed by atoms with van der Waals surface area (Å²) in [5.41, 5.74) is 0.706. The fourth-order valence-electron chi connectivity index (χ4n) is 1.37. The van der Waals surface area contributed by atoms with Gasteiger partial charge in [-0.2, -0.15) is 0 Å². The Balaban J connectivity index is 2.72. The molecule has 0 aliphatic rings. The second kappa shape index (κ2) is 6.65. The number of carbonyl (C=O) groups is 2. The molecule has 17 heavy (non-hydrogen) atoms. The third-order valence-electron chi connectivity index (χ3n) is 2.09. The van der Waals surface area contributed by atoms with E-state index in [1.165, 1.54) is 0 Å². The van der Waals surface area contributed by atoms with Crippen molar-refractivity contribution in [1.82, 2.24) is 5.32 Å². The van der Waals surface area contributed by atoms with Crippen LogP contribution < -0.4 is 5.32 Å². The van der Waals surface area contributed by atoms with Crippen LogP contribution in [0.25, 0.3) is 0 Å². The van der Waals surface area contributed by atoms with Crippen molar-refractivity contribution in [3.8, 4) is 0 Å². The van der Waals surface area contributed by atoms with Crippen LogP contribution in [0.15, 0.2) is 30.3 Å². The summed E-state index contributed by atoms with van der Waals surface area (Å²) in [7, 11) is 0. The van der Waals surface area contributed by atoms with E-state index in [1.54, 1.807) is 31.2 Å². The Kier molecular flexibility index (Phi) is 5.16. The number of hydrogen-bond donors (Lipinski definition) is 2. The van der Waals surface area contributed by atoms with E-state index in [2.05, 4.69) is 5.32 Å². The number of carboxylic acids is 1. The third kappa shape index (κ3) is 4.24. The number of aliphatic carboxylic acids is 1. The van der Waals surface area contributed by atoms with E-state index < -0.39 is 24.5 Å². The number of benzene rings is 1. The molecule has 0 heterocycles. The van der Waals surface area contributed by atoms with Crippen LogP contribution in [0.1, 0.15) is 18.6 Å². The molecule has 0 bridgehead atoms. The van der Waals surface area contributed by atoms with Gasteiger partial charge in [0.15, 0.2) is 6.10 Å². The summed E-state index contributed by atoms with van der Waals surface area (Å²) in [4.78, 5) is 22.1. The molecule has 92 valence electrons. The van der Waals surface area contributed by atoms with Crippen molar-refractivity contribution >= 4 is 11.9 Å². The summed E-state index contributed by atoms with van der Waals surface area (Å²) in [5, 5.41) is 10.8. The normalized spacial score (nSPS) is 11.8. The van der Waals surface area contributed by atoms with Crippen LogP contribution in [0.3, 0.4) is 0 Å². The first-order valence-electron chi connectivity index (χ1n) is 5.31. The van der Waals surface area contributed by atoms with Gasteiger partial charge < -0.3 is 15.2 Å². The van der Waals surface area contributed by atoms with Crippen molar-refractivity contribution in [2.24, 2.45) is 0 Å². The minimum Gasteiger partial charge on any atom is -0.480 e. The summed E-state index contributed by atoms with van der Waals surface area (Å²) in [6.07, 6.45) is -0.763. The Morgan fingerprint density at radius 2 is 2.00 bits per heavy atom. The largest absolute Gasteiger partial charge is 0.480 e. The molecule has 1 atom stereocenters. The molecule has 0 aliphatic heterocycles. The van der Waals surface area contributed by atoms with Crippen molar-refractivity contribution in [2.45, 2.75) is 13.0 Å². The Morgan fingerprint density at radius 3 is 2.53 bits per heavy atom. The molecule has 0 aliphatic carbocycles. The first-order chi connectivity index (χ1) is 8.15. The highest BCUT2D eigenvalue weighted by Gasteiger charge is 2.20. The molecule has 0 fully saturated rings. The van der Waals surface area contributed by atoms with E-state index in [1.807, 2.05) is 6.07 Å². The monoisotopic (exact) mass is 237 g/mol. The summed E-state index contributed by atoms with van der Waals surface area (Å²) in [6, 6.07) is 8.96. The van der Waals surface area contributed by atoms with Crippen LogP contribution >= 0.6 is 0 Å². The molecule has 5 heteroatoms. The number of nitrogens with one attached hydrogen (secondary N) is 1. The summed E-state index contributed by atoms with van der Waals surface area (Å²) in [5.74, 6) is -1.53. The lowest BCUT2D eigenvalue weighted by Gasteiger charge is -2.16. The van der Waals surface area contributed by atoms with Crippen molar-refractivity contribution in [3.05, 3.63) is 35.9 Å². The molecule has 5 nitrogen and oxygen atoms in total. The van der Waals surface area contributed by atoms with E-state index in [4.69, 9.17) is 9.84 Å². The SMILES string of the molecule is CCOC(C(=O)NCC(=O)O)c1ccccc1. The first kappa shape index (κ1) is 13.2. The molecule has 1 aromatic rings. The van der Waals surface area contributed by atoms with Crippen LogP contribution in [-0.4, -0.2) is 30.1 Å². The molecule has 0 saturated heterocycles. The first-order valence-corrected chi connectivity index (χ1v) is 5.31. The van der Waals surface area contributed by atoms with Gasteiger partial charge in [0.05, 0.1) is 0 Å². The van der Waals surface area contributed by atoms with Crippen molar-refractivity contribution in [2.75, 3.05) is 13.2 Å². The molecular weight excluding hydrogens is 222 g/mol. The average Bonchev–Trinajstić information content (AvgIpc) is 2.34. The maximum absolute atomic E-state index is 11.7. The Morgan fingerprint density at radius 1 is 1.35 bits per heavy atom. The van der Waals surface area contributed by atoms with Crippen LogP contribution in [0.2, 0.25) is 0 Å². The van der Waals surface area contributed by atoms with Gasteiger partial charge in [0, 0.05) is 6.61 Å². The van der Waals surface area contributed by atoms with Gasteiger partial charge in [-0.3, -0.25) is 9.59 Å². The maximum Gasteiger partial charge on any atom is 0.322 e. The van der Waals surface area contributed by atoms with Crippen LogP contribution in [0, 0.1) is 0 Å². The van der Waals surface area contributed by atoms with E-state index >= 15 is 0 Å². The van der Waals surface area contributed by atoms with E-state index in [0.29, 0.717) is 12.2 Å². The van der Waals surface area contributed by atoms with Crippen LogP contribution in [0.4, 0.5) is 0 Å². The molecule has 1 aromatic carbocycles. The third-order valence-corrected chi connectivity index (χ3v) is 2.09. The fraction of sp³-hybridized carbons (Fsp3) is 0.333. The molecular formula is C12H15NO4. The predicted octanol–water partition coefficient (Wildman–Crippen LogP) is 0.965. The standard InChI is InChI=1S/C12H15NO4/c1-2-17-11(9-6-4-3-5-7-9)12(16)13-8-10(14)15/h3-7,11H,2,8H2,1H3,(H,13,16)(H,14,15). The predicted molar refractivity (Wildman–Crippen MR) is 61.5 cm³/mol. The lowest BCUT2D eigenvalue weighted by atomic mass is 10.1. The molecule has 1 amide bonds. The topological polar surface area (TPSA) is 75.6 Å². The van der Waals surface area contributed by atoms with Gasteiger partial charge in [0.25, 0.3) is 5.91 Å². The van der Waals surface area contributed by atoms with Crippen molar-refractivity contribution in [3.63, 3.8) is 0 Å². The molecule has 1 unspecified atom stereocenters. The zero-order chi connectivity index (χ0) is 12.7. The second-order valence-electron chi connectivity index (χ2n) is 3.36. The minimum atomic E-state index is -1.08. The van der Waals surface area contributed by atoms with Gasteiger partial charge in [-0.1, -0.05) is 30.3 Å². The van der Waals surface area contributed by atoms with Gasteiger partial charge in [0.2, 0.25) is 0 Å². The Labute approximate surface area is 99.4 Å². The highest BCUT2D eigenvalue weighted by molar-refractivity contribution is 5.85. The number of hydrogen-bond acceptors (Lipinski definition) is 3. The molecule has 0 saturated carbocycles. The van der Waals surface area contributed by atoms with Crippen LogP contribution in [0.5, 0.6) is 0 Å². The molecule has 2 N–H and O–H groups in total. The molecule has 0 aromatic heterocycles. The number of amides is 1. The summed E-state index contributed by atoms with van der Waals surface area (Å²) in [6.45, 7) is 1.75. The smallest absolute Gasteiger partial charge is 0.322 e. The number of carboxylic acid groups (broad SMARTS) is 1. The zero-order valence-corrected chi connectivity index (χ0v) is 9.55. The van der Waals surface area contributed by atoms with E-state index in [-0.39, 0.29) is 0 Å².